The third-order valence-electron chi connectivity index (χ3n) is 7.21. The number of aliphatic carboxylic acids is 1. The Labute approximate surface area is 138 Å². The minimum Gasteiger partial charge on any atom is -0.478 e. The van der Waals surface area contributed by atoms with Crippen molar-refractivity contribution in [3.05, 3.63) is 23.8 Å². The number of aliphatic hydroxyl groups excluding tert-OH is 1. The van der Waals surface area contributed by atoms with Crippen LogP contribution in [0.3, 0.4) is 0 Å². The SMILES string of the molecule is CCCCCC[C@H]1[C@H]2C=C[C@H]3C(C(=O)O)=C[C@@H](O)[C@@H]4C[C@@H]1[C@@H]2[C@H]43. The van der Waals surface area contributed by atoms with Crippen LogP contribution in [0.15, 0.2) is 23.8 Å². The summed E-state index contributed by atoms with van der Waals surface area (Å²) in [6, 6.07) is 0. The molecule has 4 aliphatic carbocycles. The molecule has 4 rings (SSSR count). The number of carbonyl (C=O) groups is 1. The highest BCUT2D eigenvalue weighted by Gasteiger charge is 2.63. The van der Waals surface area contributed by atoms with Crippen LogP contribution in [0.5, 0.6) is 0 Å². The molecule has 0 aromatic rings. The third kappa shape index (κ3) is 2.23. The largest absolute Gasteiger partial charge is 0.478 e. The maximum Gasteiger partial charge on any atom is 0.331 e. The van der Waals surface area contributed by atoms with Crippen molar-refractivity contribution in [2.45, 2.75) is 51.6 Å². The van der Waals surface area contributed by atoms with E-state index in [2.05, 4.69) is 19.1 Å². The van der Waals surface area contributed by atoms with Gasteiger partial charge in [0.2, 0.25) is 0 Å². The second-order valence-corrected chi connectivity index (χ2v) is 8.14. The molecule has 0 aliphatic heterocycles. The topological polar surface area (TPSA) is 57.5 Å². The Morgan fingerprint density at radius 1 is 1.17 bits per heavy atom. The second-order valence-electron chi connectivity index (χ2n) is 8.14. The zero-order valence-corrected chi connectivity index (χ0v) is 13.9. The molecule has 0 heterocycles. The van der Waals surface area contributed by atoms with Gasteiger partial charge in [-0.05, 0) is 54.4 Å². The molecule has 0 radical (unpaired) electrons. The molecule has 4 aliphatic rings. The van der Waals surface area contributed by atoms with Crippen LogP contribution < -0.4 is 0 Å². The maximum absolute atomic E-state index is 11.5. The van der Waals surface area contributed by atoms with Gasteiger partial charge in [0.1, 0.15) is 0 Å². The smallest absolute Gasteiger partial charge is 0.331 e. The van der Waals surface area contributed by atoms with Crippen LogP contribution in [0.2, 0.25) is 0 Å². The maximum atomic E-state index is 11.5. The van der Waals surface area contributed by atoms with Gasteiger partial charge in [0.05, 0.1) is 6.10 Å². The van der Waals surface area contributed by atoms with Gasteiger partial charge in [-0.25, -0.2) is 4.79 Å². The molecule has 3 heteroatoms. The van der Waals surface area contributed by atoms with Crippen LogP contribution in [-0.2, 0) is 4.79 Å². The Morgan fingerprint density at radius 3 is 2.74 bits per heavy atom. The first-order valence-corrected chi connectivity index (χ1v) is 9.45. The molecule has 8 atom stereocenters. The lowest BCUT2D eigenvalue weighted by Gasteiger charge is -2.54. The van der Waals surface area contributed by atoms with E-state index in [1.54, 1.807) is 6.08 Å². The monoisotopic (exact) mass is 316 g/mol. The lowest BCUT2D eigenvalue weighted by Crippen LogP contribution is -2.50. The van der Waals surface area contributed by atoms with Crippen LogP contribution in [0.1, 0.15) is 45.4 Å². The molecule has 2 fully saturated rings. The summed E-state index contributed by atoms with van der Waals surface area (Å²) in [7, 11) is 0. The normalized spacial score (nSPS) is 46.1. The standard InChI is InChI=1S/C20H28O3/c1-2-3-4-5-6-11-12-7-8-13-15(20(22)23)10-17(21)16-9-14(11)18(12)19(13)16/h7-8,10-14,16-19,21H,2-6,9H2,1H3,(H,22,23)/t11-,12+,13-,14-,16-,17+,18+,19-/m0/s1. The van der Waals surface area contributed by atoms with Gasteiger partial charge in [0.15, 0.2) is 0 Å². The second kappa shape index (κ2) is 5.77. The summed E-state index contributed by atoms with van der Waals surface area (Å²) in [6.07, 6.45) is 13.2. The lowest BCUT2D eigenvalue weighted by molar-refractivity contribution is -0.134. The average Bonchev–Trinajstić information content (AvgIpc) is 2.88. The number of carboxylic acids is 1. The molecule has 0 bridgehead atoms. The van der Waals surface area contributed by atoms with Crippen LogP contribution in [-0.4, -0.2) is 22.3 Å². The van der Waals surface area contributed by atoms with E-state index in [1.807, 2.05) is 0 Å². The van der Waals surface area contributed by atoms with Crippen LogP contribution >= 0.6 is 0 Å². The highest BCUT2D eigenvalue weighted by Crippen LogP contribution is 2.67. The summed E-state index contributed by atoms with van der Waals surface area (Å²) in [5, 5.41) is 19.9. The predicted octanol–water partition coefficient (Wildman–Crippen LogP) is 3.64. The molecule has 0 aromatic carbocycles. The molecule has 0 aromatic heterocycles. The number of hydrogen-bond donors (Lipinski definition) is 2. The summed E-state index contributed by atoms with van der Waals surface area (Å²) in [5.74, 6) is 2.61. The average molecular weight is 316 g/mol. The molecule has 3 nitrogen and oxygen atoms in total. The quantitative estimate of drug-likeness (QED) is 0.581. The highest BCUT2D eigenvalue weighted by atomic mass is 16.4. The predicted molar refractivity (Wildman–Crippen MR) is 88.7 cm³/mol. The molecular formula is C20H28O3. The minimum atomic E-state index is -0.852. The molecule has 2 saturated carbocycles. The molecule has 0 spiro atoms. The van der Waals surface area contributed by atoms with Gasteiger partial charge in [-0.3, -0.25) is 0 Å². The van der Waals surface area contributed by atoms with Crippen LogP contribution in [0, 0.1) is 41.4 Å². The summed E-state index contributed by atoms with van der Waals surface area (Å²) in [4.78, 5) is 11.5. The van der Waals surface area contributed by atoms with E-state index >= 15 is 0 Å². The Morgan fingerprint density at radius 2 is 2.00 bits per heavy atom. The fourth-order valence-corrected chi connectivity index (χ4v) is 6.30. The number of carboxylic acid groups (broad SMARTS) is 1. The van der Waals surface area contributed by atoms with Crippen molar-refractivity contribution in [1.82, 2.24) is 0 Å². The summed E-state index contributed by atoms with van der Waals surface area (Å²) >= 11 is 0. The van der Waals surface area contributed by atoms with E-state index < -0.39 is 12.1 Å². The summed E-state index contributed by atoms with van der Waals surface area (Å²) in [5.41, 5.74) is 0.431. The van der Waals surface area contributed by atoms with Crippen LogP contribution in [0.4, 0.5) is 0 Å². The van der Waals surface area contributed by atoms with Gasteiger partial charge >= 0.3 is 5.97 Å². The van der Waals surface area contributed by atoms with Gasteiger partial charge in [-0.1, -0.05) is 44.8 Å². The van der Waals surface area contributed by atoms with E-state index in [9.17, 15) is 15.0 Å². The molecule has 0 saturated heterocycles. The third-order valence-corrected chi connectivity index (χ3v) is 7.21. The number of rotatable bonds is 6. The molecule has 126 valence electrons. The van der Waals surface area contributed by atoms with Gasteiger partial charge in [-0.15, -0.1) is 0 Å². The van der Waals surface area contributed by atoms with E-state index in [4.69, 9.17) is 0 Å². The van der Waals surface area contributed by atoms with Gasteiger partial charge in [0, 0.05) is 11.5 Å². The van der Waals surface area contributed by atoms with Gasteiger partial charge < -0.3 is 10.2 Å². The van der Waals surface area contributed by atoms with Crippen molar-refractivity contribution < 1.29 is 15.0 Å². The zero-order chi connectivity index (χ0) is 16.1. The van der Waals surface area contributed by atoms with Crippen molar-refractivity contribution in [3.63, 3.8) is 0 Å². The van der Waals surface area contributed by atoms with Crippen LogP contribution in [0.25, 0.3) is 0 Å². The Kier molecular flexibility index (Phi) is 3.87. The van der Waals surface area contributed by atoms with E-state index in [-0.39, 0.29) is 11.8 Å². The number of hydrogen-bond acceptors (Lipinski definition) is 2. The first kappa shape index (κ1) is 15.4. The minimum absolute atomic E-state index is 0.0354. The summed E-state index contributed by atoms with van der Waals surface area (Å²) in [6.45, 7) is 2.25. The fraction of sp³-hybridized carbons (Fsp3) is 0.750. The summed E-state index contributed by atoms with van der Waals surface area (Å²) < 4.78 is 0. The molecule has 0 unspecified atom stereocenters. The number of allylic oxidation sites excluding steroid dienone is 2. The fourth-order valence-electron chi connectivity index (χ4n) is 6.30. The highest BCUT2D eigenvalue weighted by molar-refractivity contribution is 5.88. The Bertz CT molecular complexity index is 549. The number of aliphatic hydroxyl groups is 1. The van der Waals surface area contributed by atoms with Crippen molar-refractivity contribution in [3.8, 4) is 0 Å². The molecular weight excluding hydrogens is 288 g/mol. The Balaban J connectivity index is 1.53. The molecule has 0 amide bonds. The van der Waals surface area contributed by atoms with Crippen molar-refractivity contribution in [2.24, 2.45) is 41.4 Å². The van der Waals surface area contributed by atoms with E-state index in [0.717, 1.165) is 18.3 Å². The molecule has 23 heavy (non-hydrogen) atoms. The lowest BCUT2D eigenvalue weighted by atomic mass is 9.50. The van der Waals surface area contributed by atoms with Gasteiger partial charge in [0.25, 0.3) is 0 Å². The van der Waals surface area contributed by atoms with E-state index in [0.29, 0.717) is 23.3 Å². The van der Waals surface area contributed by atoms with Crippen molar-refractivity contribution in [2.75, 3.05) is 0 Å². The first-order valence-electron chi connectivity index (χ1n) is 9.45. The first-order chi connectivity index (χ1) is 11.1. The van der Waals surface area contributed by atoms with Crippen molar-refractivity contribution in [1.29, 1.82) is 0 Å². The van der Waals surface area contributed by atoms with Gasteiger partial charge in [-0.2, -0.15) is 0 Å². The zero-order valence-electron chi connectivity index (χ0n) is 13.9. The molecule has 2 N–H and O–H groups in total. The van der Waals surface area contributed by atoms with Crippen molar-refractivity contribution >= 4 is 5.97 Å². The van der Waals surface area contributed by atoms with E-state index in [1.165, 1.54) is 32.1 Å². The Hall–Kier alpha value is -1.09. The number of unbranched alkanes of at least 4 members (excludes halogenated alkanes) is 3.